The minimum absolute atomic E-state index is 0.0613. The summed E-state index contributed by atoms with van der Waals surface area (Å²) in [4.78, 5) is 23.3. The monoisotopic (exact) mass is 332 g/mol. The highest BCUT2D eigenvalue weighted by Crippen LogP contribution is 2.16. The molecule has 0 spiro atoms. The summed E-state index contributed by atoms with van der Waals surface area (Å²) in [5.41, 5.74) is 0.0613. The van der Waals surface area contributed by atoms with Gasteiger partial charge in [-0.1, -0.05) is 12.1 Å². The number of carbonyl (C=O) groups excluding carboxylic acids is 2. The number of hydrogen-bond donors (Lipinski definition) is 2. The first-order chi connectivity index (χ1) is 11.6. The average Bonchev–Trinajstić information content (AvgIpc) is 2.60. The van der Waals surface area contributed by atoms with E-state index < -0.39 is 17.6 Å². The van der Waals surface area contributed by atoms with Gasteiger partial charge in [0.1, 0.15) is 17.3 Å². The van der Waals surface area contributed by atoms with Gasteiger partial charge in [-0.05, 0) is 36.4 Å². The first kappa shape index (κ1) is 17.3. The van der Waals surface area contributed by atoms with Crippen molar-refractivity contribution in [2.24, 2.45) is 0 Å². The van der Waals surface area contributed by atoms with Gasteiger partial charge in [-0.2, -0.15) is 0 Å². The highest BCUT2D eigenvalue weighted by atomic mass is 19.1. The van der Waals surface area contributed by atoms with Crippen LogP contribution in [0, 0.1) is 5.82 Å². The van der Waals surface area contributed by atoms with Gasteiger partial charge < -0.3 is 20.1 Å². The molecule has 2 rings (SSSR count). The van der Waals surface area contributed by atoms with Gasteiger partial charge >= 0.3 is 0 Å². The second-order valence-electron chi connectivity index (χ2n) is 4.77. The predicted molar refractivity (Wildman–Crippen MR) is 86.5 cm³/mol. The fourth-order valence-corrected chi connectivity index (χ4v) is 1.81. The molecule has 0 aliphatic rings. The van der Waals surface area contributed by atoms with E-state index in [4.69, 9.17) is 9.47 Å². The third-order valence-electron chi connectivity index (χ3n) is 3.02. The molecule has 2 aromatic rings. The summed E-state index contributed by atoms with van der Waals surface area (Å²) in [5.74, 6) is -0.356. The Balaban J connectivity index is 1.72. The fourth-order valence-electron chi connectivity index (χ4n) is 1.81. The van der Waals surface area contributed by atoms with Crippen LogP contribution in [0.2, 0.25) is 0 Å². The fraction of sp³-hybridized carbons (Fsp3) is 0.176. The van der Waals surface area contributed by atoms with Crippen LogP contribution in [0.4, 0.5) is 10.1 Å². The Morgan fingerprint density at radius 2 is 1.67 bits per heavy atom. The van der Waals surface area contributed by atoms with Crippen LogP contribution in [0.5, 0.6) is 11.5 Å². The van der Waals surface area contributed by atoms with Crippen molar-refractivity contribution in [3.05, 3.63) is 54.3 Å². The van der Waals surface area contributed by atoms with Crippen LogP contribution in [0.1, 0.15) is 0 Å². The number of para-hydroxylation sites is 1. The highest BCUT2D eigenvalue weighted by Gasteiger charge is 2.09. The number of benzene rings is 2. The molecule has 24 heavy (non-hydrogen) atoms. The van der Waals surface area contributed by atoms with Crippen LogP contribution in [0.25, 0.3) is 0 Å². The Kier molecular flexibility index (Phi) is 6.13. The molecule has 0 saturated heterocycles. The van der Waals surface area contributed by atoms with Crippen molar-refractivity contribution in [1.29, 1.82) is 0 Å². The molecule has 6 nitrogen and oxygen atoms in total. The van der Waals surface area contributed by atoms with Gasteiger partial charge in [0.15, 0.2) is 6.61 Å². The lowest BCUT2D eigenvalue weighted by Crippen LogP contribution is -2.35. The molecule has 0 fully saturated rings. The Morgan fingerprint density at radius 1 is 1.00 bits per heavy atom. The van der Waals surface area contributed by atoms with Gasteiger partial charge in [-0.3, -0.25) is 9.59 Å². The van der Waals surface area contributed by atoms with E-state index in [0.29, 0.717) is 11.5 Å². The molecule has 0 radical (unpaired) electrons. The molecule has 0 aliphatic carbocycles. The summed E-state index contributed by atoms with van der Waals surface area (Å²) in [7, 11) is 1.55. The molecule has 2 amide bonds. The van der Waals surface area contributed by atoms with Crippen LogP contribution in [0.15, 0.2) is 48.5 Å². The zero-order valence-corrected chi connectivity index (χ0v) is 13.0. The highest BCUT2D eigenvalue weighted by molar-refractivity contribution is 5.94. The number of ether oxygens (including phenoxy) is 2. The molecule has 0 aliphatic heterocycles. The van der Waals surface area contributed by atoms with E-state index in [2.05, 4.69) is 10.6 Å². The summed E-state index contributed by atoms with van der Waals surface area (Å²) in [6, 6.07) is 12.5. The molecule has 0 aromatic heterocycles. The third kappa shape index (κ3) is 5.28. The number of hydrogen-bond acceptors (Lipinski definition) is 4. The molecule has 0 unspecified atom stereocenters. The van der Waals surface area contributed by atoms with Crippen molar-refractivity contribution < 1.29 is 23.5 Å². The maximum Gasteiger partial charge on any atom is 0.258 e. The number of amides is 2. The smallest absolute Gasteiger partial charge is 0.258 e. The molecular weight excluding hydrogens is 315 g/mol. The number of halogens is 1. The number of rotatable bonds is 7. The van der Waals surface area contributed by atoms with Crippen LogP contribution in [-0.4, -0.2) is 32.1 Å². The summed E-state index contributed by atoms with van der Waals surface area (Å²) in [6.45, 7) is -0.515. The second-order valence-corrected chi connectivity index (χ2v) is 4.77. The van der Waals surface area contributed by atoms with Gasteiger partial charge in [0.25, 0.3) is 5.91 Å². The van der Waals surface area contributed by atoms with E-state index >= 15 is 0 Å². The normalized spacial score (nSPS) is 9.92. The minimum Gasteiger partial charge on any atom is -0.497 e. The van der Waals surface area contributed by atoms with Crippen LogP contribution in [0.3, 0.4) is 0 Å². The Morgan fingerprint density at radius 3 is 2.33 bits per heavy atom. The molecule has 0 saturated carbocycles. The third-order valence-corrected chi connectivity index (χ3v) is 3.02. The van der Waals surface area contributed by atoms with Crippen molar-refractivity contribution in [1.82, 2.24) is 5.32 Å². The quantitative estimate of drug-likeness (QED) is 0.813. The number of methoxy groups -OCH3 is 1. The first-order valence-electron chi connectivity index (χ1n) is 7.16. The lowest BCUT2D eigenvalue weighted by atomic mass is 10.3. The van der Waals surface area contributed by atoms with Gasteiger partial charge in [0, 0.05) is 0 Å². The first-order valence-corrected chi connectivity index (χ1v) is 7.16. The predicted octanol–water partition coefficient (Wildman–Crippen LogP) is 1.97. The molecule has 0 heterocycles. The molecule has 0 bridgehead atoms. The average molecular weight is 332 g/mol. The number of carbonyl (C=O) groups is 2. The van der Waals surface area contributed by atoms with Crippen molar-refractivity contribution in [3.8, 4) is 11.5 Å². The Bertz CT molecular complexity index is 704. The molecular formula is C17H17FN2O4. The standard InChI is InChI=1S/C17H17FN2O4/c1-23-12-6-8-13(9-7-12)24-11-17(22)19-10-16(21)20-15-5-3-2-4-14(15)18/h2-9H,10-11H2,1H3,(H,19,22)(H,20,21). The Hall–Kier alpha value is -3.09. The van der Waals surface area contributed by atoms with Crippen molar-refractivity contribution in [2.75, 3.05) is 25.6 Å². The second kappa shape index (κ2) is 8.52. The maximum atomic E-state index is 13.4. The molecule has 2 N–H and O–H groups in total. The van der Waals surface area contributed by atoms with Crippen molar-refractivity contribution >= 4 is 17.5 Å². The summed E-state index contributed by atoms with van der Waals surface area (Å²) in [6.07, 6.45) is 0. The van der Waals surface area contributed by atoms with Gasteiger partial charge in [0.05, 0.1) is 19.3 Å². The minimum atomic E-state index is -0.542. The topological polar surface area (TPSA) is 76.7 Å². The lowest BCUT2D eigenvalue weighted by Gasteiger charge is -2.09. The molecule has 7 heteroatoms. The zero-order chi connectivity index (χ0) is 17.4. The van der Waals surface area contributed by atoms with Crippen LogP contribution >= 0.6 is 0 Å². The largest absolute Gasteiger partial charge is 0.497 e. The Labute approximate surface area is 138 Å². The summed E-state index contributed by atoms with van der Waals surface area (Å²) >= 11 is 0. The summed E-state index contributed by atoms with van der Waals surface area (Å²) in [5, 5.41) is 4.76. The number of nitrogens with one attached hydrogen (secondary N) is 2. The molecule has 126 valence electrons. The van der Waals surface area contributed by atoms with Crippen molar-refractivity contribution in [3.63, 3.8) is 0 Å². The van der Waals surface area contributed by atoms with Crippen LogP contribution < -0.4 is 20.1 Å². The van der Waals surface area contributed by atoms with Gasteiger partial charge in [-0.15, -0.1) is 0 Å². The van der Waals surface area contributed by atoms with E-state index in [1.807, 2.05) is 0 Å². The molecule has 2 aromatic carbocycles. The van der Waals surface area contributed by atoms with Gasteiger partial charge in [0.2, 0.25) is 5.91 Å². The number of anilines is 1. The zero-order valence-electron chi connectivity index (χ0n) is 13.0. The summed E-state index contributed by atoms with van der Waals surface area (Å²) < 4.78 is 23.7. The van der Waals surface area contributed by atoms with E-state index in [-0.39, 0.29) is 18.8 Å². The lowest BCUT2D eigenvalue weighted by molar-refractivity contribution is -0.125. The van der Waals surface area contributed by atoms with E-state index in [1.54, 1.807) is 37.4 Å². The van der Waals surface area contributed by atoms with E-state index in [1.165, 1.54) is 18.2 Å². The SMILES string of the molecule is COc1ccc(OCC(=O)NCC(=O)Nc2ccccc2F)cc1. The van der Waals surface area contributed by atoms with E-state index in [0.717, 1.165) is 0 Å². The van der Waals surface area contributed by atoms with Gasteiger partial charge in [-0.25, -0.2) is 4.39 Å². The molecule has 0 atom stereocenters. The maximum absolute atomic E-state index is 13.4. The van der Waals surface area contributed by atoms with Crippen molar-refractivity contribution in [2.45, 2.75) is 0 Å². The van der Waals surface area contributed by atoms with Crippen LogP contribution in [-0.2, 0) is 9.59 Å². The van der Waals surface area contributed by atoms with E-state index in [9.17, 15) is 14.0 Å².